The van der Waals surface area contributed by atoms with Crippen LogP contribution in [0.3, 0.4) is 0 Å². The van der Waals surface area contributed by atoms with Gasteiger partial charge in [0, 0.05) is 77.9 Å². The maximum absolute atomic E-state index is 14.0. The predicted octanol–water partition coefficient (Wildman–Crippen LogP) is 6.01. The second kappa shape index (κ2) is 18.7. The molecule has 4 heterocycles. The number of halogens is 2. The number of nitrogens with zero attached hydrogens (tertiary/aromatic N) is 4. The van der Waals surface area contributed by atoms with Crippen LogP contribution in [0.15, 0.2) is 65.0 Å². The Hall–Kier alpha value is -3.45. The van der Waals surface area contributed by atoms with Crippen molar-refractivity contribution in [3.8, 4) is 0 Å². The van der Waals surface area contributed by atoms with Crippen LogP contribution >= 0.6 is 23.2 Å². The van der Waals surface area contributed by atoms with Crippen LogP contribution in [0.2, 0.25) is 10.0 Å². The Morgan fingerprint density at radius 2 is 1.42 bits per heavy atom. The van der Waals surface area contributed by atoms with Crippen LogP contribution < -0.4 is 5.32 Å². The van der Waals surface area contributed by atoms with Crippen molar-refractivity contribution in [2.45, 2.75) is 89.4 Å². The lowest BCUT2D eigenvalue weighted by Gasteiger charge is -2.45. The zero-order valence-corrected chi connectivity index (χ0v) is 33.7. The molecule has 0 saturated carbocycles. The lowest BCUT2D eigenvalue weighted by atomic mass is 9.78. The van der Waals surface area contributed by atoms with E-state index < -0.39 is 17.9 Å². The van der Waals surface area contributed by atoms with Gasteiger partial charge in [0.1, 0.15) is 0 Å². The number of benzene rings is 2. The number of piperazine rings is 1. The predicted molar refractivity (Wildman–Crippen MR) is 214 cm³/mol. The first-order chi connectivity index (χ1) is 26.5. The van der Waals surface area contributed by atoms with Gasteiger partial charge in [0.25, 0.3) is 0 Å². The van der Waals surface area contributed by atoms with Gasteiger partial charge >= 0.3 is 11.9 Å². The normalized spacial score (nSPS) is 23.4. The first kappa shape index (κ1) is 41.2. The van der Waals surface area contributed by atoms with E-state index in [9.17, 15) is 24.6 Å². The fourth-order valence-corrected chi connectivity index (χ4v) is 9.74. The molecule has 4 aliphatic heterocycles. The summed E-state index contributed by atoms with van der Waals surface area (Å²) < 4.78 is 6.05. The summed E-state index contributed by atoms with van der Waals surface area (Å²) in [6.07, 6.45) is 5.26. The van der Waals surface area contributed by atoms with E-state index in [1.54, 1.807) is 23.1 Å². The highest BCUT2D eigenvalue weighted by Gasteiger charge is 2.43. The number of dihydropyridines is 1. The van der Waals surface area contributed by atoms with Gasteiger partial charge in [0.05, 0.1) is 36.7 Å². The van der Waals surface area contributed by atoms with Crippen molar-refractivity contribution in [3.63, 3.8) is 0 Å². The van der Waals surface area contributed by atoms with Crippen molar-refractivity contribution in [2.24, 2.45) is 0 Å². The molecule has 2 aromatic rings. The average Bonchev–Trinajstić information content (AvgIpc) is 3.35. The zero-order chi connectivity index (χ0) is 39.2. The summed E-state index contributed by atoms with van der Waals surface area (Å²) in [6.45, 7) is 10.6. The SMILES string of the molecule is CCN(CC)CCOCc1ccccc1CCC1=C(C(=O)O)C(c2c(Cl)cccc2Cl)C(C(=O)O)=C(CC(=O)N2CCN(C3CC4CCC(C3)N4C)CC2)N1. The number of ether oxygens (including phenoxy) is 1. The number of carbonyl (C=O) groups excluding carboxylic acids is 1. The molecule has 2 aromatic carbocycles. The monoisotopic (exact) mass is 795 g/mol. The Morgan fingerprint density at radius 3 is 2.02 bits per heavy atom. The molecule has 3 fully saturated rings. The Balaban J connectivity index is 1.23. The fraction of sp³-hybridized carbons (Fsp3) is 0.548. The Labute approximate surface area is 334 Å². The third-order valence-corrected chi connectivity index (χ3v) is 13.0. The number of piperidine rings is 1. The number of aryl methyl sites for hydroxylation is 1. The smallest absolute Gasteiger partial charge is 0.334 e. The summed E-state index contributed by atoms with van der Waals surface area (Å²) in [5.74, 6) is -4.16. The minimum atomic E-state index is -1.34. The topological polar surface area (TPSA) is 126 Å². The molecule has 0 aliphatic carbocycles. The molecule has 0 spiro atoms. The number of fused-ring (bicyclic) bond motifs is 2. The van der Waals surface area contributed by atoms with Gasteiger partial charge < -0.3 is 35.0 Å². The number of nitrogens with one attached hydrogen (secondary N) is 1. The highest BCUT2D eigenvalue weighted by atomic mass is 35.5. The number of aliphatic carboxylic acids is 2. The van der Waals surface area contributed by atoms with Gasteiger partial charge in [-0.1, -0.05) is 67.4 Å². The molecule has 3 N–H and O–H groups in total. The molecule has 0 radical (unpaired) electrons. The van der Waals surface area contributed by atoms with E-state index in [0.717, 1.165) is 56.7 Å². The van der Waals surface area contributed by atoms with E-state index >= 15 is 0 Å². The van der Waals surface area contributed by atoms with Crippen molar-refractivity contribution >= 4 is 41.0 Å². The van der Waals surface area contributed by atoms with Crippen molar-refractivity contribution in [3.05, 3.63) is 91.7 Å². The maximum Gasteiger partial charge on any atom is 0.334 e. The van der Waals surface area contributed by atoms with Crippen molar-refractivity contribution in [1.29, 1.82) is 0 Å². The summed E-state index contributed by atoms with van der Waals surface area (Å²) in [5, 5.41) is 25.0. The van der Waals surface area contributed by atoms with E-state index in [1.165, 1.54) is 12.8 Å². The van der Waals surface area contributed by atoms with Gasteiger partial charge in [-0.15, -0.1) is 0 Å². The third-order valence-electron chi connectivity index (χ3n) is 12.3. The number of carboxylic acid groups (broad SMARTS) is 2. The third kappa shape index (κ3) is 9.41. The highest BCUT2D eigenvalue weighted by Crippen LogP contribution is 2.45. The minimum Gasteiger partial charge on any atom is -0.478 e. The summed E-state index contributed by atoms with van der Waals surface area (Å²) in [4.78, 5) is 49.6. The number of carboxylic acids is 2. The molecule has 298 valence electrons. The molecule has 3 atom stereocenters. The number of hydrogen-bond acceptors (Lipinski definition) is 8. The molecular formula is C42H55Cl2N5O6. The van der Waals surface area contributed by atoms with Crippen LogP contribution in [-0.4, -0.2) is 125 Å². The van der Waals surface area contributed by atoms with E-state index in [2.05, 4.69) is 40.9 Å². The number of amides is 1. The van der Waals surface area contributed by atoms with E-state index in [0.29, 0.717) is 56.5 Å². The zero-order valence-electron chi connectivity index (χ0n) is 32.2. The summed E-state index contributed by atoms with van der Waals surface area (Å²) in [6, 6.07) is 14.4. The van der Waals surface area contributed by atoms with Crippen molar-refractivity contribution in [2.75, 3.05) is 59.5 Å². The van der Waals surface area contributed by atoms with Crippen LogP contribution in [0.1, 0.15) is 75.0 Å². The molecule has 3 saturated heterocycles. The first-order valence-electron chi connectivity index (χ1n) is 19.7. The molecule has 55 heavy (non-hydrogen) atoms. The minimum absolute atomic E-state index is 0.146. The molecule has 0 aromatic heterocycles. The average molecular weight is 797 g/mol. The Kier molecular flexibility index (Phi) is 14.0. The molecule has 13 heteroatoms. The van der Waals surface area contributed by atoms with Crippen LogP contribution in [0.25, 0.3) is 0 Å². The van der Waals surface area contributed by atoms with Crippen LogP contribution in [0, 0.1) is 0 Å². The van der Waals surface area contributed by atoms with Gasteiger partial charge in [-0.2, -0.15) is 0 Å². The molecule has 6 rings (SSSR count). The Morgan fingerprint density at radius 1 is 0.818 bits per heavy atom. The van der Waals surface area contributed by atoms with Gasteiger partial charge in [0.2, 0.25) is 5.91 Å². The van der Waals surface area contributed by atoms with Crippen LogP contribution in [0.4, 0.5) is 0 Å². The van der Waals surface area contributed by atoms with Gasteiger partial charge in [-0.05, 0) is 81.9 Å². The van der Waals surface area contributed by atoms with E-state index in [1.807, 2.05) is 24.3 Å². The molecule has 11 nitrogen and oxygen atoms in total. The van der Waals surface area contributed by atoms with Crippen molar-refractivity contribution < 1.29 is 29.3 Å². The number of likely N-dealkylation sites (N-methyl/N-ethyl adjacent to an activating group) is 1. The van der Waals surface area contributed by atoms with Gasteiger partial charge in [0.15, 0.2) is 0 Å². The van der Waals surface area contributed by atoms with E-state index in [4.69, 9.17) is 27.9 Å². The molecule has 1 amide bonds. The van der Waals surface area contributed by atoms with E-state index in [-0.39, 0.29) is 51.2 Å². The molecule has 4 aliphatic rings. The standard InChI is InChI=1S/C42H55Cl2N5O6/c1-4-47(5-2)21-22-55-26-28-10-7-6-9-27(28)13-16-34-38(41(51)52)40(37-32(43)11-8-12-33(37)44)39(42(53)54)35(45-34)25-36(50)49-19-17-48(18-20-49)31-23-29-14-15-30(24-31)46(29)3/h6-12,29-31,40,45H,4-5,13-26H2,1-3H3,(H,51,52)(H,53,54). The largest absolute Gasteiger partial charge is 0.478 e. The number of hydrogen-bond donors (Lipinski definition) is 3. The maximum atomic E-state index is 14.0. The summed E-state index contributed by atoms with van der Waals surface area (Å²) >= 11 is 13.4. The number of rotatable bonds is 16. The van der Waals surface area contributed by atoms with Gasteiger partial charge in [-0.3, -0.25) is 9.69 Å². The highest BCUT2D eigenvalue weighted by molar-refractivity contribution is 6.36. The lowest BCUT2D eigenvalue weighted by Crippen LogP contribution is -2.56. The summed E-state index contributed by atoms with van der Waals surface area (Å²) in [5.41, 5.74) is 2.24. The van der Waals surface area contributed by atoms with Crippen LogP contribution in [-0.2, 0) is 32.1 Å². The van der Waals surface area contributed by atoms with Crippen LogP contribution in [0.5, 0.6) is 0 Å². The second-order valence-electron chi connectivity index (χ2n) is 15.2. The fourth-order valence-electron chi connectivity index (χ4n) is 9.12. The summed E-state index contributed by atoms with van der Waals surface area (Å²) in [7, 11) is 2.24. The second-order valence-corrected chi connectivity index (χ2v) is 16.0. The number of carbonyl (C=O) groups is 3. The Bertz CT molecular complexity index is 1750. The lowest BCUT2D eigenvalue weighted by molar-refractivity contribution is -0.133. The molecular weight excluding hydrogens is 741 g/mol. The first-order valence-corrected chi connectivity index (χ1v) is 20.5. The molecule has 2 bridgehead atoms. The number of allylic oxidation sites excluding steroid dienone is 1. The van der Waals surface area contributed by atoms with Crippen molar-refractivity contribution in [1.82, 2.24) is 24.9 Å². The quantitative estimate of drug-likeness (QED) is 0.174. The van der Waals surface area contributed by atoms with Gasteiger partial charge in [-0.25, -0.2) is 9.59 Å². The molecule has 3 unspecified atom stereocenters.